The van der Waals surface area contributed by atoms with Gasteiger partial charge in [0, 0.05) is 74.7 Å². The minimum atomic E-state index is -0.433. The third-order valence-corrected chi connectivity index (χ3v) is 9.04. The van der Waals surface area contributed by atoms with E-state index >= 15 is 0 Å². The second-order valence-corrected chi connectivity index (χ2v) is 12.4. The van der Waals surface area contributed by atoms with Crippen LogP contribution in [0.3, 0.4) is 0 Å². The zero-order chi connectivity index (χ0) is 31.5. The largest absolute Gasteiger partial charge is 0.488 e. The van der Waals surface area contributed by atoms with Crippen LogP contribution in [0.2, 0.25) is 0 Å². The number of anilines is 1. The van der Waals surface area contributed by atoms with E-state index in [0.717, 1.165) is 56.8 Å². The molecule has 3 aromatic rings. The lowest BCUT2D eigenvalue weighted by Gasteiger charge is -2.43. The number of ether oxygens (including phenoxy) is 1. The number of rotatable bonds is 7. The van der Waals surface area contributed by atoms with Crippen molar-refractivity contribution in [2.45, 2.75) is 32.4 Å². The summed E-state index contributed by atoms with van der Waals surface area (Å²) in [5.74, 6) is -0.410. The van der Waals surface area contributed by atoms with Crippen LogP contribution >= 0.6 is 0 Å². The van der Waals surface area contributed by atoms with E-state index in [0.29, 0.717) is 42.2 Å². The summed E-state index contributed by atoms with van der Waals surface area (Å²) in [6.07, 6.45) is 0.905. The van der Waals surface area contributed by atoms with Crippen LogP contribution in [0.1, 0.15) is 41.0 Å². The second-order valence-electron chi connectivity index (χ2n) is 12.4. The minimum Gasteiger partial charge on any atom is -0.488 e. The van der Waals surface area contributed by atoms with Gasteiger partial charge in [-0.05, 0) is 73.0 Å². The van der Waals surface area contributed by atoms with Gasteiger partial charge in [-0.2, -0.15) is 0 Å². The number of benzene rings is 3. The fraction of sp³-hybridized carbons (Fsp3) is 0.429. The first kappa shape index (κ1) is 31.0. The molecule has 3 aliphatic heterocycles. The van der Waals surface area contributed by atoms with Crippen LogP contribution in [0.15, 0.2) is 60.7 Å². The van der Waals surface area contributed by atoms with Crippen LogP contribution in [-0.2, 0) is 0 Å². The van der Waals surface area contributed by atoms with Crippen LogP contribution in [0.25, 0.3) is 11.1 Å². The summed E-state index contributed by atoms with van der Waals surface area (Å²) < 4.78 is 34.8. The van der Waals surface area contributed by atoms with Crippen LogP contribution in [0.5, 0.6) is 5.75 Å². The Hall–Kier alpha value is -4.02. The van der Waals surface area contributed by atoms with Crippen molar-refractivity contribution in [1.82, 2.24) is 20.4 Å². The molecule has 8 nitrogen and oxygen atoms in total. The smallest absolute Gasteiger partial charge is 0.254 e. The van der Waals surface area contributed by atoms with Gasteiger partial charge in [0.15, 0.2) is 0 Å². The molecule has 0 saturated carbocycles. The van der Waals surface area contributed by atoms with Crippen molar-refractivity contribution in [3.63, 3.8) is 0 Å². The zero-order valence-electron chi connectivity index (χ0n) is 25.9. The Balaban J connectivity index is 1.22. The van der Waals surface area contributed by atoms with Crippen molar-refractivity contribution in [3.05, 3.63) is 83.4 Å². The van der Waals surface area contributed by atoms with Crippen LogP contribution < -0.4 is 20.3 Å². The number of carbonyl (C=O) groups is 2. The molecule has 238 valence electrons. The van der Waals surface area contributed by atoms with Crippen molar-refractivity contribution < 1.29 is 23.1 Å². The predicted molar refractivity (Wildman–Crippen MR) is 171 cm³/mol. The summed E-state index contributed by atoms with van der Waals surface area (Å²) in [7, 11) is 0. The molecule has 3 heterocycles. The molecule has 3 aliphatic rings. The lowest BCUT2D eigenvalue weighted by Crippen LogP contribution is -2.58. The molecule has 3 fully saturated rings. The maximum atomic E-state index is 14.7. The van der Waals surface area contributed by atoms with Gasteiger partial charge in [-0.3, -0.25) is 9.59 Å². The summed E-state index contributed by atoms with van der Waals surface area (Å²) in [6, 6.07) is 16.0. The summed E-state index contributed by atoms with van der Waals surface area (Å²) in [4.78, 5) is 33.4. The Bertz CT molecular complexity index is 1520. The maximum absolute atomic E-state index is 14.7. The molecule has 10 heteroatoms. The highest BCUT2D eigenvalue weighted by Crippen LogP contribution is 2.34. The molecular formula is C35H41F2N5O3. The highest BCUT2D eigenvalue weighted by molar-refractivity contribution is 5.98. The van der Waals surface area contributed by atoms with Gasteiger partial charge in [0.05, 0.1) is 6.04 Å². The van der Waals surface area contributed by atoms with Gasteiger partial charge in [-0.15, -0.1) is 0 Å². The van der Waals surface area contributed by atoms with Gasteiger partial charge in [-0.25, -0.2) is 8.78 Å². The molecule has 0 spiro atoms. The quantitative estimate of drug-likeness (QED) is 0.410. The molecule has 0 aliphatic carbocycles. The van der Waals surface area contributed by atoms with Crippen LogP contribution in [0, 0.1) is 17.6 Å². The van der Waals surface area contributed by atoms with E-state index < -0.39 is 5.82 Å². The van der Waals surface area contributed by atoms with Crippen molar-refractivity contribution in [2.75, 3.05) is 63.8 Å². The number of nitrogens with one attached hydrogen (secondary N) is 2. The number of hydrogen-bond acceptors (Lipinski definition) is 6. The van der Waals surface area contributed by atoms with Crippen LogP contribution in [-0.4, -0.2) is 92.7 Å². The Labute approximate surface area is 263 Å². The summed E-state index contributed by atoms with van der Waals surface area (Å²) in [5.41, 5.74) is 3.03. The standard InChI is InChI=1S/C35H41F2N5O3/c1-23(2)32-22-41(34(43)26-17-28(37)20-29(18-26)40-13-11-38-12-14-40)15-16-42(32)35(44)25-5-8-33(45-30-9-10-39-21-30)31(19-25)24-3-6-27(36)7-4-24/h3-8,17-20,23,30,32,38-39H,9-16,21-22H2,1-2H3/t30-,32?/m0/s1. The van der Waals surface area contributed by atoms with Crippen molar-refractivity contribution >= 4 is 17.5 Å². The van der Waals surface area contributed by atoms with Gasteiger partial charge < -0.3 is 30.1 Å². The molecule has 0 bridgehead atoms. The molecule has 2 amide bonds. The number of hydrogen-bond donors (Lipinski definition) is 2. The fourth-order valence-electron chi connectivity index (χ4n) is 6.50. The average Bonchev–Trinajstić information content (AvgIpc) is 3.58. The SMILES string of the molecule is CC(C)C1CN(C(=O)c2cc(F)cc(N3CCNCC3)c2)CCN1C(=O)c1ccc(O[C@H]2CCNC2)c(-c2ccc(F)cc2)c1. The third kappa shape index (κ3) is 6.97. The molecule has 6 rings (SSSR count). The molecule has 0 aromatic heterocycles. The topological polar surface area (TPSA) is 77.2 Å². The molecular weight excluding hydrogens is 576 g/mol. The molecule has 1 unspecified atom stereocenters. The molecule has 0 radical (unpaired) electrons. The minimum absolute atomic E-state index is 0.0210. The van der Waals surface area contributed by atoms with Crippen molar-refractivity contribution in [3.8, 4) is 16.9 Å². The number of nitrogens with zero attached hydrogens (tertiary/aromatic N) is 3. The van der Waals surface area contributed by atoms with Gasteiger partial charge in [0.25, 0.3) is 11.8 Å². The number of carbonyl (C=O) groups excluding carboxylic acids is 2. The van der Waals surface area contributed by atoms with E-state index in [1.54, 1.807) is 29.2 Å². The first-order chi connectivity index (χ1) is 21.8. The monoisotopic (exact) mass is 617 g/mol. The van der Waals surface area contributed by atoms with E-state index in [1.807, 2.05) is 30.9 Å². The van der Waals surface area contributed by atoms with E-state index in [1.165, 1.54) is 24.3 Å². The average molecular weight is 618 g/mol. The fourth-order valence-corrected chi connectivity index (χ4v) is 6.50. The maximum Gasteiger partial charge on any atom is 0.254 e. The van der Waals surface area contributed by atoms with Crippen molar-refractivity contribution in [1.29, 1.82) is 0 Å². The Morgan fingerprint density at radius 3 is 2.31 bits per heavy atom. The Morgan fingerprint density at radius 2 is 1.60 bits per heavy atom. The number of amides is 2. The lowest BCUT2D eigenvalue weighted by atomic mass is 9.96. The van der Waals surface area contributed by atoms with E-state index in [2.05, 4.69) is 15.5 Å². The van der Waals surface area contributed by atoms with Gasteiger partial charge >= 0.3 is 0 Å². The number of piperazine rings is 2. The predicted octanol–water partition coefficient (Wildman–Crippen LogP) is 4.40. The highest BCUT2D eigenvalue weighted by Gasteiger charge is 2.35. The van der Waals surface area contributed by atoms with E-state index in [9.17, 15) is 18.4 Å². The molecule has 3 saturated heterocycles. The van der Waals surface area contributed by atoms with Gasteiger partial charge in [-0.1, -0.05) is 26.0 Å². The normalized spacial score (nSPS) is 20.5. The second kappa shape index (κ2) is 13.5. The summed E-state index contributed by atoms with van der Waals surface area (Å²) >= 11 is 0. The molecule has 2 atom stereocenters. The molecule has 2 N–H and O–H groups in total. The molecule has 3 aromatic carbocycles. The van der Waals surface area contributed by atoms with Gasteiger partial charge in [0.1, 0.15) is 23.5 Å². The van der Waals surface area contributed by atoms with Crippen molar-refractivity contribution in [2.24, 2.45) is 5.92 Å². The summed E-state index contributed by atoms with van der Waals surface area (Å²) in [5, 5.41) is 6.60. The lowest BCUT2D eigenvalue weighted by molar-refractivity contribution is 0.0303. The first-order valence-electron chi connectivity index (χ1n) is 15.9. The molecule has 45 heavy (non-hydrogen) atoms. The summed E-state index contributed by atoms with van der Waals surface area (Å²) in [6.45, 7) is 9.88. The zero-order valence-corrected chi connectivity index (χ0v) is 25.9. The highest BCUT2D eigenvalue weighted by atomic mass is 19.1. The van der Waals surface area contributed by atoms with Crippen LogP contribution in [0.4, 0.5) is 14.5 Å². The Morgan fingerprint density at radius 1 is 0.822 bits per heavy atom. The first-order valence-corrected chi connectivity index (χ1v) is 15.9. The number of halogens is 2. The van der Waals surface area contributed by atoms with E-state index in [-0.39, 0.29) is 35.7 Å². The third-order valence-electron chi connectivity index (χ3n) is 9.04. The Kier molecular flexibility index (Phi) is 9.32. The van der Waals surface area contributed by atoms with Gasteiger partial charge in [0.2, 0.25) is 0 Å². The van der Waals surface area contributed by atoms with E-state index in [4.69, 9.17) is 4.74 Å².